The van der Waals surface area contributed by atoms with E-state index in [4.69, 9.17) is 5.10 Å². The molecule has 21 heavy (non-hydrogen) atoms. The van der Waals surface area contributed by atoms with E-state index in [1.54, 1.807) is 0 Å². The highest BCUT2D eigenvalue weighted by atomic mass is 15.3. The molecule has 114 valence electrons. The van der Waals surface area contributed by atoms with Crippen LogP contribution in [0.3, 0.4) is 0 Å². The van der Waals surface area contributed by atoms with E-state index in [2.05, 4.69) is 68.0 Å². The van der Waals surface area contributed by atoms with Gasteiger partial charge in [0, 0.05) is 11.7 Å². The van der Waals surface area contributed by atoms with E-state index >= 15 is 0 Å². The molecule has 0 spiro atoms. The summed E-state index contributed by atoms with van der Waals surface area (Å²) in [6.45, 7) is 9.80. The van der Waals surface area contributed by atoms with Gasteiger partial charge in [-0.05, 0) is 50.4 Å². The van der Waals surface area contributed by atoms with Crippen LogP contribution in [0, 0.1) is 0 Å². The van der Waals surface area contributed by atoms with Crippen molar-refractivity contribution in [2.45, 2.75) is 53.0 Å². The van der Waals surface area contributed by atoms with Crippen LogP contribution in [0.4, 0.5) is 0 Å². The normalized spacial score (nSPS) is 12.6. The zero-order chi connectivity index (χ0) is 15.2. The number of benzene rings is 1. The number of hydrogen-bond donors (Lipinski definition) is 1. The van der Waals surface area contributed by atoms with Crippen LogP contribution in [0.15, 0.2) is 30.3 Å². The molecule has 2 aromatic rings. The van der Waals surface area contributed by atoms with E-state index in [9.17, 15) is 0 Å². The second kappa shape index (κ2) is 7.41. The molecule has 1 aromatic heterocycles. The highest BCUT2D eigenvalue weighted by Crippen LogP contribution is 2.23. The van der Waals surface area contributed by atoms with E-state index in [1.807, 2.05) is 0 Å². The molecule has 0 amide bonds. The third kappa shape index (κ3) is 3.53. The number of aromatic nitrogens is 2. The van der Waals surface area contributed by atoms with E-state index in [1.165, 1.54) is 16.9 Å². The molecule has 0 aliphatic carbocycles. The fourth-order valence-electron chi connectivity index (χ4n) is 2.63. The molecular weight excluding hydrogens is 258 g/mol. The zero-order valence-corrected chi connectivity index (χ0v) is 13.7. The Morgan fingerprint density at radius 3 is 2.57 bits per heavy atom. The predicted octanol–water partition coefficient (Wildman–Crippen LogP) is 4.06. The molecule has 1 atom stereocenters. The number of para-hydroxylation sites is 1. The van der Waals surface area contributed by atoms with Crippen LogP contribution in [0.25, 0.3) is 5.69 Å². The van der Waals surface area contributed by atoms with Crippen molar-refractivity contribution in [3.05, 3.63) is 47.3 Å². The van der Waals surface area contributed by atoms with Crippen molar-refractivity contribution in [3.8, 4) is 5.69 Å². The van der Waals surface area contributed by atoms with Gasteiger partial charge in [-0.2, -0.15) is 5.10 Å². The Kier molecular flexibility index (Phi) is 5.57. The first kappa shape index (κ1) is 15.8. The van der Waals surface area contributed by atoms with E-state index < -0.39 is 0 Å². The van der Waals surface area contributed by atoms with Gasteiger partial charge in [-0.25, -0.2) is 4.68 Å². The molecule has 0 aliphatic rings. The van der Waals surface area contributed by atoms with E-state index in [0.717, 1.165) is 31.5 Å². The van der Waals surface area contributed by atoms with E-state index in [0.29, 0.717) is 6.04 Å². The van der Waals surface area contributed by atoms with Crippen LogP contribution in [0.2, 0.25) is 0 Å². The SMILES string of the molecule is CCCNC(C)c1ccccc1-n1nc(CC)cc1CC. The summed E-state index contributed by atoms with van der Waals surface area (Å²) in [5.41, 5.74) is 4.95. The lowest BCUT2D eigenvalue weighted by atomic mass is 10.1. The number of hydrogen-bond acceptors (Lipinski definition) is 2. The summed E-state index contributed by atoms with van der Waals surface area (Å²) in [6.07, 6.45) is 3.12. The van der Waals surface area contributed by atoms with Crippen LogP contribution >= 0.6 is 0 Å². The Morgan fingerprint density at radius 1 is 1.14 bits per heavy atom. The summed E-state index contributed by atoms with van der Waals surface area (Å²) < 4.78 is 2.12. The van der Waals surface area contributed by atoms with Gasteiger partial charge in [0.1, 0.15) is 0 Å². The van der Waals surface area contributed by atoms with Gasteiger partial charge in [0.05, 0.1) is 11.4 Å². The third-order valence-corrected chi connectivity index (χ3v) is 3.89. The smallest absolute Gasteiger partial charge is 0.0696 e. The van der Waals surface area contributed by atoms with Crippen molar-refractivity contribution >= 4 is 0 Å². The highest BCUT2D eigenvalue weighted by molar-refractivity contribution is 5.43. The predicted molar refractivity (Wildman–Crippen MR) is 89.0 cm³/mol. The minimum absolute atomic E-state index is 0.333. The fraction of sp³-hybridized carbons (Fsp3) is 0.500. The first-order valence-corrected chi connectivity index (χ1v) is 8.11. The monoisotopic (exact) mass is 285 g/mol. The molecule has 2 rings (SSSR count). The molecule has 0 bridgehead atoms. The lowest BCUT2D eigenvalue weighted by molar-refractivity contribution is 0.566. The Labute approximate surface area is 128 Å². The van der Waals surface area contributed by atoms with Crippen LogP contribution < -0.4 is 5.32 Å². The average molecular weight is 285 g/mol. The third-order valence-electron chi connectivity index (χ3n) is 3.89. The molecule has 0 fully saturated rings. The molecule has 3 nitrogen and oxygen atoms in total. The van der Waals surface area contributed by atoms with Crippen molar-refractivity contribution in [1.82, 2.24) is 15.1 Å². The number of nitrogens with one attached hydrogen (secondary N) is 1. The van der Waals surface area contributed by atoms with Crippen LogP contribution in [0.5, 0.6) is 0 Å². The van der Waals surface area contributed by atoms with Crippen LogP contribution in [-0.4, -0.2) is 16.3 Å². The maximum absolute atomic E-state index is 4.78. The van der Waals surface area contributed by atoms with Crippen LogP contribution in [-0.2, 0) is 12.8 Å². The minimum atomic E-state index is 0.333. The maximum atomic E-state index is 4.78. The first-order valence-electron chi connectivity index (χ1n) is 8.11. The molecule has 0 saturated heterocycles. The molecule has 1 aromatic carbocycles. The number of aryl methyl sites for hydroxylation is 2. The van der Waals surface area contributed by atoms with Crippen molar-refractivity contribution in [2.75, 3.05) is 6.54 Å². The molecule has 3 heteroatoms. The first-order chi connectivity index (χ1) is 10.2. The molecule has 1 heterocycles. The topological polar surface area (TPSA) is 29.9 Å². The zero-order valence-electron chi connectivity index (χ0n) is 13.7. The molecule has 1 N–H and O–H groups in total. The van der Waals surface area contributed by atoms with E-state index in [-0.39, 0.29) is 0 Å². The Hall–Kier alpha value is -1.61. The fourth-order valence-corrected chi connectivity index (χ4v) is 2.63. The van der Waals surface area contributed by atoms with Crippen molar-refractivity contribution < 1.29 is 0 Å². The van der Waals surface area contributed by atoms with Gasteiger partial charge < -0.3 is 5.32 Å². The van der Waals surface area contributed by atoms with Gasteiger partial charge in [0.2, 0.25) is 0 Å². The van der Waals surface area contributed by atoms with Gasteiger partial charge in [0.15, 0.2) is 0 Å². The quantitative estimate of drug-likeness (QED) is 0.831. The van der Waals surface area contributed by atoms with Gasteiger partial charge >= 0.3 is 0 Å². The van der Waals surface area contributed by atoms with Gasteiger partial charge in [-0.1, -0.05) is 39.0 Å². The summed E-state index contributed by atoms with van der Waals surface area (Å²) in [6, 6.07) is 11.1. The van der Waals surface area contributed by atoms with Crippen molar-refractivity contribution in [1.29, 1.82) is 0 Å². The summed E-state index contributed by atoms with van der Waals surface area (Å²) in [4.78, 5) is 0. The lowest BCUT2D eigenvalue weighted by Gasteiger charge is -2.18. The Morgan fingerprint density at radius 2 is 1.90 bits per heavy atom. The van der Waals surface area contributed by atoms with Gasteiger partial charge in [-0.3, -0.25) is 0 Å². The highest BCUT2D eigenvalue weighted by Gasteiger charge is 2.14. The molecular formula is C18H27N3. The largest absolute Gasteiger partial charge is 0.310 e. The maximum Gasteiger partial charge on any atom is 0.0696 e. The van der Waals surface area contributed by atoms with Gasteiger partial charge in [-0.15, -0.1) is 0 Å². The molecule has 1 unspecified atom stereocenters. The summed E-state index contributed by atoms with van der Waals surface area (Å²) in [5.74, 6) is 0. The molecule has 0 saturated carbocycles. The molecule has 0 aliphatic heterocycles. The number of nitrogens with zero attached hydrogens (tertiary/aromatic N) is 2. The summed E-state index contributed by atoms with van der Waals surface area (Å²) >= 11 is 0. The van der Waals surface area contributed by atoms with Crippen molar-refractivity contribution in [3.63, 3.8) is 0 Å². The average Bonchev–Trinajstić information content (AvgIpc) is 2.95. The lowest BCUT2D eigenvalue weighted by Crippen LogP contribution is -2.21. The molecule has 0 radical (unpaired) electrons. The second-order valence-corrected chi connectivity index (χ2v) is 5.48. The Bertz CT molecular complexity index is 572. The van der Waals surface area contributed by atoms with Gasteiger partial charge in [0.25, 0.3) is 0 Å². The van der Waals surface area contributed by atoms with Crippen LogP contribution in [0.1, 0.15) is 57.1 Å². The number of rotatable bonds is 7. The standard InChI is InChI=1S/C18H27N3/c1-5-12-19-14(4)17-10-8-9-11-18(17)21-16(7-3)13-15(6-2)20-21/h8-11,13-14,19H,5-7,12H2,1-4H3. The second-order valence-electron chi connectivity index (χ2n) is 5.48. The Balaban J connectivity index is 2.42. The van der Waals surface area contributed by atoms with Crippen molar-refractivity contribution in [2.24, 2.45) is 0 Å². The summed E-state index contributed by atoms with van der Waals surface area (Å²) in [7, 11) is 0. The summed E-state index contributed by atoms with van der Waals surface area (Å²) in [5, 5.41) is 8.36. The minimum Gasteiger partial charge on any atom is -0.310 e.